The smallest absolute Gasteiger partial charge is 0.338 e. The number of aryl methyl sites for hydroxylation is 1. The van der Waals surface area contributed by atoms with Crippen LogP contribution in [0.3, 0.4) is 0 Å². The molecule has 0 aliphatic carbocycles. The number of rotatable bonds is 1. The highest BCUT2D eigenvalue weighted by Gasteiger charge is 2.11. The number of hydrogen-bond acceptors (Lipinski definition) is 6. The average molecular weight is 269 g/mol. The minimum atomic E-state index is -0.388. The molecule has 2 aromatic rings. The Balaban J connectivity index is 0.000000771. The second-order valence-corrected chi connectivity index (χ2v) is 3.73. The third-order valence-corrected chi connectivity index (χ3v) is 2.45. The van der Waals surface area contributed by atoms with E-state index in [-0.39, 0.29) is 5.97 Å². The number of nitrogens with zero attached hydrogens (tertiary/aromatic N) is 2. The van der Waals surface area contributed by atoms with E-state index in [1.165, 1.54) is 13.3 Å². The van der Waals surface area contributed by atoms with E-state index in [4.69, 9.17) is 11.6 Å². The van der Waals surface area contributed by atoms with E-state index >= 15 is 0 Å². The highest BCUT2D eigenvalue weighted by Crippen LogP contribution is 2.18. The fourth-order valence-electron chi connectivity index (χ4n) is 1.47. The Bertz CT molecular complexity index is 574. The molecule has 0 saturated carbocycles. The Morgan fingerprint density at radius 1 is 1.33 bits per heavy atom. The number of nitrogens with two attached hydrogens (primary N) is 2. The number of ether oxygens (including phenoxy) is 1. The third kappa shape index (κ3) is 2.92. The lowest BCUT2D eigenvalue weighted by molar-refractivity contribution is 0.0600. The van der Waals surface area contributed by atoms with Gasteiger partial charge in [-0.15, -0.1) is 0 Å². The van der Waals surface area contributed by atoms with Crippen molar-refractivity contribution in [3.05, 3.63) is 34.6 Å². The van der Waals surface area contributed by atoms with E-state index < -0.39 is 0 Å². The maximum absolute atomic E-state index is 11.5. The maximum Gasteiger partial charge on any atom is 0.338 e. The predicted molar refractivity (Wildman–Crippen MR) is 69.0 cm³/mol. The van der Waals surface area contributed by atoms with Gasteiger partial charge in [-0.05, 0) is 24.6 Å². The summed E-state index contributed by atoms with van der Waals surface area (Å²) in [5, 5.41) is 0.298. The third-order valence-electron chi connectivity index (χ3n) is 2.26. The molecule has 18 heavy (non-hydrogen) atoms. The van der Waals surface area contributed by atoms with Crippen molar-refractivity contribution in [2.24, 2.45) is 11.7 Å². The molecule has 0 bridgehead atoms. The van der Waals surface area contributed by atoms with Crippen molar-refractivity contribution in [1.29, 1.82) is 0 Å². The van der Waals surface area contributed by atoms with Crippen molar-refractivity contribution in [3.8, 4) is 0 Å². The van der Waals surface area contributed by atoms with Crippen LogP contribution in [0.4, 0.5) is 0 Å². The Morgan fingerprint density at radius 3 is 2.61 bits per heavy atom. The molecule has 0 unspecified atom stereocenters. The van der Waals surface area contributed by atoms with Crippen LogP contribution in [-0.2, 0) is 4.74 Å². The number of halogens is 1. The highest BCUT2D eigenvalue weighted by molar-refractivity contribution is 6.29. The average Bonchev–Trinajstić information content (AvgIpc) is 2.40. The first-order chi connectivity index (χ1) is 8.61. The molecule has 0 spiro atoms. The topological polar surface area (TPSA) is 104 Å². The van der Waals surface area contributed by atoms with Crippen molar-refractivity contribution >= 4 is 28.6 Å². The summed E-state index contributed by atoms with van der Waals surface area (Å²) in [7, 11) is 1.34. The molecule has 1 aromatic heterocycles. The van der Waals surface area contributed by atoms with Crippen LogP contribution >= 0.6 is 11.6 Å². The van der Waals surface area contributed by atoms with Gasteiger partial charge in [0.25, 0.3) is 0 Å². The number of esters is 1. The van der Waals surface area contributed by atoms with E-state index in [9.17, 15) is 4.79 Å². The quantitative estimate of drug-likeness (QED) is 0.457. The summed E-state index contributed by atoms with van der Waals surface area (Å²) in [4.78, 5) is 19.7. The molecule has 1 heterocycles. The van der Waals surface area contributed by atoms with Gasteiger partial charge in [-0.1, -0.05) is 11.6 Å². The monoisotopic (exact) mass is 268 g/mol. The molecule has 0 aliphatic rings. The largest absolute Gasteiger partial charge is 0.465 e. The molecule has 0 saturated heterocycles. The van der Waals surface area contributed by atoms with E-state index in [1.807, 2.05) is 6.92 Å². The molecule has 4 N–H and O–H groups in total. The number of hydrogen-bond donors (Lipinski definition) is 2. The van der Waals surface area contributed by atoms with Crippen molar-refractivity contribution in [2.45, 2.75) is 6.92 Å². The van der Waals surface area contributed by atoms with Gasteiger partial charge < -0.3 is 4.74 Å². The zero-order valence-corrected chi connectivity index (χ0v) is 10.7. The zero-order chi connectivity index (χ0) is 13.7. The molecule has 6 nitrogen and oxygen atoms in total. The number of hydrazine groups is 1. The van der Waals surface area contributed by atoms with Gasteiger partial charge in [0.05, 0.1) is 29.9 Å². The van der Waals surface area contributed by atoms with Crippen LogP contribution in [0, 0.1) is 6.92 Å². The molecule has 0 aliphatic heterocycles. The van der Waals surface area contributed by atoms with Gasteiger partial charge in [0, 0.05) is 0 Å². The summed E-state index contributed by atoms with van der Waals surface area (Å²) in [6.45, 7) is 1.82. The number of fused-ring (bicyclic) bond motifs is 1. The Kier molecular flexibility index (Phi) is 4.96. The Hall–Kier alpha value is -1.76. The van der Waals surface area contributed by atoms with Gasteiger partial charge in [0.1, 0.15) is 5.15 Å². The van der Waals surface area contributed by atoms with Gasteiger partial charge in [-0.3, -0.25) is 16.7 Å². The number of methoxy groups -OCH3 is 1. The van der Waals surface area contributed by atoms with Crippen molar-refractivity contribution in [3.63, 3.8) is 0 Å². The van der Waals surface area contributed by atoms with Crippen LogP contribution in [0.15, 0.2) is 18.3 Å². The predicted octanol–water partition coefficient (Wildman–Crippen LogP) is 1.20. The van der Waals surface area contributed by atoms with Crippen molar-refractivity contribution in [2.75, 3.05) is 7.11 Å². The SMILES string of the molecule is COC(=O)c1cc2nc(Cl)cnc2cc1C.NN. The number of carbonyl (C=O) groups is 1. The molecule has 7 heteroatoms. The summed E-state index contributed by atoms with van der Waals surface area (Å²) in [5.74, 6) is 7.61. The summed E-state index contributed by atoms with van der Waals surface area (Å²) in [6, 6.07) is 3.42. The molecular formula is C11H13ClN4O2. The van der Waals surface area contributed by atoms with E-state index in [2.05, 4.69) is 26.4 Å². The minimum absolute atomic E-state index is 0.298. The molecule has 96 valence electrons. The normalized spacial score (nSPS) is 9.61. The first-order valence-electron chi connectivity index (χ1n) is 4.96. The zero-order valence-electron chi connectivity index (χ0n) is 9.98. The van der Waals surface area contributed by atoms with E-state index in [0.717, 1.165) is 5.56 Å². The number of aromatic nitrogens is 2. The van der Waals surface area contributed by atoms with Gasteiger partial charge >= 0.3 is 5.97 Å². The Morgan fingerprint density at radius 2 is 2.00 bits per heavy atom. The Labute approximate surface area is 109 Å². The lowest BCUT2D eigenvalue weighted by atomic mass is 10.1. The standard InChI is InChI=1S/C11H9ClN2O2.H4N2/c1-6-3-8-9(14-10(12)5-13-8)4-7(6)11(15)16-2;1-2/h3-5H,1-2H3;1-2H2. The van der Waals surface area contributed by atoms with Crippen LogP contribution in [0.1, 0.15) is 15.9 Å². The fraction of sp³-hybridized carbons (Fsp3) is 0.182. The van der Waals surface area contributed by atoms with Crippen LogP contribution < -0.4 is 11.7 Å². The molecule has 2 rings (SSSR count). The number of benzene rings is 1. The van der Waals surface area contributed by atoms with Gasteiger partial charge in [0.2, 0.25) is 0 Å². The van der Waals surface area contributed by atoms with E-state index in [0.29, 0.717) is 21.7 Å². The van der Waals surface area contributed by atoms with Gasteiger partial charge in [-0.2, -0.15) is 0 Å². The van der Waals surface area contributed by atoms with Crippen LogP contribution in [0.25, 0.3) is 11.0 Å². The molecule has 0 fully saturated rings. The molecule has 1 aromatic carbocycles. The summed E-state index contributed by atoms with van der Waals surface area (Å²) >= 11 is 5.73. The van der Waals surface area contributed by atoms with Crippen molar-refractivity contribution < 1.29 is 9.53 Å². The summed E-state index contributed by atoms with van der Waals surface area (Å²) in [6.07, 6.45) is 1.47. The lowest BCUT2D eigenvalue weighted by Gasteiger charge is -2.05. The second kappa shape index (κ2) is 6.25. The molecule has 0 amide bonds. The van der Waals surface area contributed by atoms with E-state index in [1.54, 1.807) is 12.1 Å². The number of carbonyl (C=O) groups excluding carboxylic acids is 1. The first kappa shape index (κ1) is 14.3. The highest BCUT2D eigenvalue weighted by atomic mass is 35.5. The second-order valence-electron chi connectivity index (χ2n) is 3.34. The lowest BCUT2D eigenvalue weighted by Crippen LogP contribution is -2.04. The summed E-state index contributed by atoms with van der Waals surface area (Å²) < 4.78 is 4.68. The van der Waals surface area contributed by atoms with Crippen molar-refractivity contribution in [1.82, 2.24) is 9.97 Å². The van der Waals surface area contributed by atoms with Gasteiger partial charge in [-0.25, -0.2) is 9.78 Å². The van der Waals surface area contributed by atoms with Gasteiger partial charge in [0.15, 0.2) is 0 Å². The summed E-state index contributed by atoms with van der Waals surface area (Å²) in [5.41, 5.74) is 2.57. The maximum atomic E-state index is 11.5. The van der Waals surface area contributed by atoms with Crippen LogP contribution in [0.2, 0.25) is 5.15 Å². The fourth-order valence-corrected chi connectivity index (χ4v) is 1.61. The molecular weight excluding hydrogens is 256 g/mol. The molecule has 0 radical (unpaired) electrons. The van der Waals surface area contributed by atoms with Crippen LogP contribution in [-0.4, -0.2) is 23.0 Å². The van der Waals surface area contributed by atoms with Crippen LogP contribution in [0.5, 0.6) is 0 Å². The molecule has 0 atom stereocenters. The minimum Gasteiger partial charge on any atom is -0.465 e. The first-order valence-corrected chi connectivity index (χ1v) is 5.34.